The number of halogens is 1. The molecule has 0 atom stereocenters. The Balaban J connectivity index is 1.52. The molecule has 2 aromatic rings. The first-order valence-electron chi connectivity index (χ1n) is 10.4. The average Bonchev–Trinajstić information content (AvgIpc) is 3.33. The number of Topliss-reactive ketones (excluding diaryl/α,β-unsaturated/α-hetero) is 1. The third-order valence-corrected chi connectivity index (χ3v) is 5.84. The van der Waals surface area contributed by atoms with Crippen molar-refractivity contribution in [2.45, 2.75) is 6.92 Å². The van der Waals surface area contributed by atoms with Crippen molar-refractivity contribution in [1.29, 1.82) is 0 Å². The fourth-order valence-electron chi connectivity index (χ4n) is 4.06. The molecule has 166 valence electrons. The first-order chi connectivity index (χ1) is 15.3. The van der Waals surface area contributed by atoms with Gasteiger partial charge in [0.05, 0.1) is 21.9 Å². The number of carbonyl (C=O) groups excluding carboxylic acids is 2. The van der Waals surface area contributed by atoms with Crippen molar-refractivity contribution in [3.63, 3.8) is 0 Å². The lowest BCUT2D eigenvalue weighted by Gasteiger charge is -2.36. The predicted molar refractivity (Wildman–Crippen MR) is 119 cm³/mol. The molecule has 8 nitrogen and oxygen atoms in total. The molecule has 0 radical (unpaired) electrons. The number of piperazine rings is 1. The Morgan fingerprint density at radius 3 is 2.19 bits per heavy atom. The SMILES string of the molecule is CC(=O)c1ccc(N2CCN(C(=O)c3cc([N+](=O)[O-])ccc3N3CC=CC3)CC2)c(F)c1. The maximum Gasteiger partial charge on any atom is 0.270 e. The molecule has 0 bridgehead atoms. The van der Waals surface area contributed by atoms with Gasteiger partial charge in [-0.1, -0.05) is 12.2 Å². The summed E-state index contributed by atoms with van der Waals surface area (Å²) < 4.78 is 14.5. The van der Waals surface area contributed by atoms with E-state index in [9.17, 15) is 24.1 Å². The van der Waals surface area contributed by atoms with Crippen molar-refractivity contribution >= 4 is 28.8 Å². The topological polar surface area (TPSA) is 87.0 Å². The van der Waals surface area contributed by atoms with Gasteiger partial charge >= 0.3 is 0 Å². The average molecular weight is 438 g/mol. The van der Waals surface area contributed by atoms with E-state index in [1.165, 1.54) is 25.1 Å². The molecule has 1 amide bonds. The fraction of sp³-hybridized carbons (Fsp3) is 0.304. The van der Waals surface area contributed by atoms with Crippen LogP contribution in [0.5, 0.6) is 0 Å². The van der Waals surface area contributed by atoms with Crippen LogP contribution in [-0.4, -0.2) is 60.8 Å². The van der Waals surface area contributed by atoms with Gasteiger partial charge in [-0.05, 0) is 31.2 Å². The van der Waals surface area contributed by atoms with Crippen molar-refractivity contribution in [2.75, 3.05) is 49.1 Å². The Kier molecular flexibility index (Phi) is 5.89. The van der Waals surface area contributed by atoms with E-state index in [-0.39, 0.29) is 17.4 Å². The number of carbonyl (C=O) groups is 2. The Bertz CT molecular complexity index is 1100. The van der Waals surface area contributed by atoms with Crippen molar-refractivity contribution in [1.82, 2.24) is 4.90 Å². The van der Waals surface area contributed by atoms with Crippen LogP contribution in [0.15, 0.2) is 48.6 Å². The molecular formula is C23H23FN4O4. The molecule has 0 aliphatic carbocycles. The minimum atomic E-state index is -0.506. The number of hydrogen-bond donors (Lipinski definition) is 0. The van der Waals surface area contributed by atoms with Crippen LogP contribution in [0.3, 0.4) is 0 Å². The molecule has 4 rings (SSSR count). The van der Waals surface area contributed by atoms with E-state index in [2.05, 4.69) is 0 Å². The quantitative estimate of drug-likeness (QED) is 0.308. The van der Waals surface area contributed by atoms with Crippen LogP contribution in [0.4, 0.5) is 21.5 Å². The molecule has 32 heavy (non-hydrogen) atoms. The van der Waals surface area contributed by atoms with Crippen molar-refractivity contribution in [2.24, 2.45) is 0 Å². The van der Waals surface area contributed by atoms with Gasteiger partial charge in [0, 0.05) is 57.0 Å². The molecule has 2 aromatic carbocycles. The monoisotopic (exact) mass is 438 g/mol. The van der Waals surface area contributed by atoms with Crippen molar-refractivity contribution in [3.05, 3.63) is 75.6 Å². The minimum absolute atomic E-state index is 0.129. The molecule has 9 heteroatoms. The third-order valence-electron chi connectivity index (χ3n) is 5.84. The Hall–Kier alpha value is -3.75. The lowest BCUT2D eigenvalue weighted by molar-refractivity contribution is -0.384. The summed E-state index contributed by atoms with van der Waals surface area (Å²) in [6, 6.07) is 8.79. The van der Waals surface area contributed by atoms with E-state index in [0.29, 0.717) is 61.8 Å². The molecule has 2 aliphatic rings. The van der Waals surface area contributed by atoms with E-state index >= 15 is 0 Å². The van der Waals surface area contributed by atoms with E-state index in [1.807, 2.05) is 22.0 Å². The Morgan fingerprint density at radius 2 is 1.59 bits per heavy atom. The van der Waals surface area contributed by atoms with E-state index < -0.39 is 10.7 Å². The van der Waals surface area contributed by atoms with E-state index in [1.54, 1.807) is 23.1 Å². The molecule has 0 N–H and O–H groups in total. The number of nitrogens with zero attached hydrogens (tertiary/aromatic N) is 4. The summed E-state index contributed by atoms with van der Waals surface area (Å²) in [7, 11) is 0. The maximum absolute atomic E-state index is 14.5. The summed E-state index contributed by atoms with van der Waals surface area (Å²) in [6.07, 6.45) is 3.97. The minimum Gasteiger partial charge on any atom is -0.366 e. The van der Waals surface area contributed by atoms with Gasteiger partial charge in [0.1, 0.15) is 5.82 Å². The summed E-state index contributed by atoms with van der Waals surface area (Å²) >= 11 is 0. The van der Waals surface area contributed by atoms with Gasteiger partial charge in [0.2, 0.25) is 0 Å². The largest absolute Gasteiger partial charge is 0.366 e. The highest BCUT2D eigenvalue weighted by atomic mass is 19.1. The number of nitro benzene ring substituents is 1. The summed E-state index contributed by atoms with van der Waals surface area (Å²) in [4.78, 5) is 41.0. The van der Waals surface area contributed by atoms with Gasteiger partial charge in [-0.2, -0.15) is 0 Å². The van der Waals surface area contributed by atoms with E-state index in [0.717, 1.165) is 0 Å². The second-order valence-corrected chi connectivity index (χ2v) is 7.84. The number of ketones is 1. The van der Waals surface area contributed by atoms with Gasteiger partial charge < -0.3 is 14.7 Å². The van der Waals surface area contributed by atoms with Gasteiger partial charge in [-0.3, -0.25) is 19.7 Å². The van der Waals surface area contributed by atoms with E-state index in [4.69, 9.17) is 0 Å². The van der Waals surface area contributed by atoms with Crippen LogP contribution in [0.1, 0.15) is 27.6 Å². The number of rotatable bonds is 5. The van der Waals surface area contributed by atoms with Crippen LogP contribution >= 0.6 is 0 Å². The highest BCUT2D eigenvalue weighted by Gasteiger charge is 2.28. The summed E-state index contributed by atoms with van der Waals surface area (Å²) in [5, 5.41) is 11.3. The smallest absolute Gasteiger partial charge is 0.270 e. The fourth-order valence-corrected chi connectivity index (χ4v) is 4.06. The Morgan fingerprint density at radius 1 is 0.938 bits per heavy atom. The number of anilines is 2. The van der Waals surface area contributed by atoms with Crippen LogP contribution in [-0.2, 0) is 0 Å². The van der Waals surface area contributed by atoms with Gasteiger partial charge in [0.15, 0.2) is 5.78 Å². The summed E-state index contributed by atoms with van der Waals surface area (Å²) in [6.45, 7) is 4.21. The molecule has 0 saturated carbocycles. The molecular weight excluding hydrogens is 415 g/mol. The van der Waals surface area contributed by atoms with Crippen LogP contribution in [0, 0.1) is 15.9 Å². The lowest BCUT2D eigenvalue weighted by Crippen LogP contribution is -2.49. The predicted octanol–water partition coefficient (Wildman–Crippen LogP) is 3.28. The zero-order valence-electron chi connectivity index (χ0n) is 17.7. The van der Waals surface area contributed by atoms with Crippen molar-refractivity contribution in [3.8, 4) is 0 Å². The van der Waals surface area contributed by atoms with Gasteiger partial charge in [-0.25, -0.2) is 4.39 Å². The lowest BCUT2D eigenvalue weighted by atomic mass is 10.1. The number of hydrogen-bond acceptors (Lipinski definition) is 6. The van der Waals surface area contributed by atoms with Crippen LogP contribution in [0.2, 0.25) is 0 Å². The number of non-ortho nitro benzene ring substituents is 1. The number of benzene rings is 2. The summed E-state index contributed by atoms with van der Waals surface area (Å²) in [5.41, 5.74) is 1.54. The standard InChI is InChI=1S/C23H23FN4O4/c1-16(29)17-4-6-22(20(24)14-17)26-10-12-27(13-11-26)23(30)19-15-18(28(31)32)5-7-21(19)25-8-2-3-9-25/h2-7,14-15H,8-13H2,1H3. The van der Waals surface area contributed by atoms with Crippen LogP contribution in [0.25, 0.3) is 0 Å². The maximum atomic E-state index is 14.5. The molecule has 0 aromatic heterocycles. The number of nitro groups is 1. The molecule has 0 spiro atoms. The number of amides is 1. The highest BCUT2D eigenvalue weighted by Crippen LogP contribution is 2.29. The molecule has 0 unspecified atom stereocenters. The van der Waals surface area contributed by atoms with Gasteiger partial charge in [0.25, 0.3) is 11.6 Å². The Labute approximate surface area is 184 Å². The highest BCUT2D eigenvalue weighted by molar-refractivity contribution is 6.01. The second-order valence-electron chi connectivity index (χ2n) is 7.84. The second kappa shape index (κ2) is 8.78. The van der Waals surface area contributed by atoms with Crippen LogP contribution < -0.4 is 9.80 Å². The molecule has 1 fully saturated rings. The molecule has 2 aliphatic heterocycles. The van der Waals surface area contributed by atoms with Crippen molar-refractivity contribution < 1.29 is 18.9 Å². The molecule has 2 heterocycles. The first-order valence-corrected chi connectivity index (χ1v) is 10.4. The zero-order chi connectivity index (χ0) is 22.8. The third kappa shape index (κ3) is 4.18. The normalized spacial score (nSPS) is 15.9. The first kappa shape index (κ1) is 21.5. The zero-order valence-corrected chi connectivity index (χ0v) is 17.7. The molecule has 1 saturated heterocycles. The summed E-state index contributed by atoms with van der Waals surface area (Å²) in [5.74, 6) is -0.950. The van der Waals surface area contributed by atoms with Gasteiger partial charge in [-0.15, -0.1) is 0 Å².